The van der Waals surface area contributed by atoms with E-state index in [0.29, 0.717) is 6.54 Å². The minimum atomic E-state index is -0.189. The SMILES string of the molecule is CCN(C)c1cnn(CCN=[N+]=[N-])c(=O)c1. The fourth-order valence-corrected chi connectivity index (χ4v) is 1.17. The van der Waals surface area contributed by atoms with Gasteiger partial charge in [-0.15, -0.1) is 0 Å². The Bertz CT molecular complexity index is 448. The first kappa shape index (κ1) is 12.1. The second-order valence-electron chi connectivity index (χ2n) is 3.24. The summed E-state index contributed by atoms with van der Waals surface area (Å²) in [4.78, 5) is 16.1. The third kappa shape index (κ3) is 2.99. The first-order valence-corrected chi connectivity index (χ1v) is 4.98. The summed E-state index contributed by atoms with van der Waals surface area (Å²) < 4.78 is 1.28. The molecule has 0 atom stereocenters. The van der Waals surface area contributed by atoms with Crippen LogP contribution in [-0.4, -0.2) is 29.9 Å². The molecule has 86 valence electrons. The lowest BCUT2D eigenvalue weighted by Crippen LogP contribution is -2.26. The van der Waals surface area contributed by atoms with Gasteiger partial charge in [0, 0.05) is 31.1 Å². The second-order valence-corrected chi connectivity index (χ2v) is 3.24. The van der Waals surface area contributed by atoms with E-state index in [-0.39, 0.29) is 12.1 Å². The molecule has 0 aliphatic heterocycles. The van der Waals surface area contributed by atoms with Crippen molar-refractivity contribution in [3.8, 4) is 0 Å². The molecule has 0 unspecified atom stereocenters. The highest BCUT2D eigenvalue weighted by Gasteiger charge is 2.02. The summed E-state index contributed by atoms with van der Waals surface area (Å²) in [7, 11) is 1.89. The van der Waals surface area contributed by atoms with Crippen molar-refractivity contribution < 1.29 is 0 Å². The first-order valence-electron chi connectivity index (χ1n) is 4.98. The summed E-state index contributed by atoms with van der Waals surface area (Å²) in [5.74, 6) is 0. The maximum Gasteiger partial charge on any atom is 0.268 e. The number of azide groups is 1. The van der Waals surface area contributed by atoms with Crippen LogP contribution in [-0.2, 0) is 6.54 Å². The molecule has 1 heterocycles. The lowest BCUT2D eigenvalue weighted by molar-refractivity contribution is 0.585. The number of rotatable bonds is 5. The van der Waals surface area contributed by atoms with Crippen molar-refractivity contribution in [2.24, 2.45) is 5.11 Å². The standard InChI is InChI=1S/C9H14N6O/c1-3-14(2)8-6-9(16)15(12-7-8)5-4-11-13-10/h6-7H,3-5H2,1-2H3. The predicted molar refractivity (Wildman–Crippen MR) is 61.5 cm³/mol. The second kappa shape index (κ2) is 5.77. The molecule has 0 radical (unpaired) electrons. The average molecular weight is 222 g/mol. The van der Waals surface area contributed by atoms with Crippen molar-refractivity contribution in [1.29, 1.82) is 0 Å². The molecule has 7 nitrogen and oxygen atoms in total. The topological polar surface area (TPSA) is 86.9 Å². The highest BCUT2D eigenvalue weighted by Crippen LogP contribution is 2.05. The molecule has 0 saturated heterocycles. The molecule has 0 spiro atoms. The van der Waals surface area contributed by atoms with Gasteiger partial charge in [0.15, 0.2) is 0 Å². The van der Waals surface area contributed by atoms with Crippen molar-refractivity contribution in [2.45, 2.75) is 13.5 Å². The van der Waals surface area contributed by atoms with Crippen molar-refractivity contribution in [1.82, 2.24) is 9.78 Å². The van der Waals surface area contributed by atoms with E-state index in [4.69, 9.17) is 5.53 Å². The number of anilines is 1. The summed E-state index contributed by atoms with van der Waals surface area (Å²) >= 11 is 0. The van der Waals surface area contributed by atoms with Crippen LogP contribution >= 0.6 is 0 Å². The lowest BCUT2D eigenvalue weighted by atomic mass is 10.4. The molecule has 7 heteroatoms. The van der Waals surface area contributed by atoms with Crippen LogP contribution in [0.3, 0.4) is 0 Å². The summed E-state index contributed by atoms with van der Waals surface area (Å²) in [6.07, 6.45) is 1.63. The van der Waals surface area contributed by atoms with Gasteiger partial charge >= 0.3 is 0 Å². The molecule has 0 fully saturated rings. The fourth-order valence-electron chi connectivity index (χ4n) is 1.17. The van der Waals surface area contributed by atoms with E-state index in [9.17, 15) is 4.79 Å². The van der Waals surface area contributed by atoms with Crippen LogP contribution in [0.1, 0.15) is 6.92 Å². The lowest BCUT2D eigenvalue weighted by Gasteiger charge is -2.16. The third-order valence-electron chi connectivity index (χ3n) is 2.25. The number of nitrogens with zero attached hydrogens (tertiary/aromatic N) is 6. The van der Waals surface area contributed by atoms with Gasteiger partial charge in [0.1, 0.15) is 0 Å². The van der Waals surface area contributed by atoms with Crippen LogP contribution in [0.15, 0.2) is 22.2 Å². The maximum absolute atomic E-state index is 11.6. The van der Waals surface area contributed by atoms with E-state index in [0.717, 1.165) is 12.2 Å². The molecule has 16 heavy (non-hydrogen) atoms. The summed E-state index contributed by atoms with van der Waals surface area (Å²) in [5.41, 5.74) is 8.70. The van der Waals surface area contributed by atoms with Gasteiger partial charge in [0.25, 0.3) is 5.56 Å². The van der Waals surface area contributed by atoms with Gasteiger partial charge in [-0.1, -0.05) is 5.11 Å². The Morgan fingerprint density at radius 3 is 3.00 bits per heavy atom. The van der Waals surface area contributed by atoms with Gasteiger partial charge in [0.2, 0.25) is 0 Å². The fraction of sp³-hybridized carbons (Fsp3) is 0.556. The first-order chi connectivity index (χ1) is 7.69. The van der Waals surface area contributed by atoms with E-state index < -0.39 is 0 Å². The van der Waals surface area contributed by atoms with Gasteiger partial charge in [-0.25, -0.2) is 4.68 Å². The Morgan fingerprint density at radius 2 is 2.44 bits per heavy atom. The minimum absolute atomic E-state index is 0.189. The monoisotopic (exact) mass is 222 g/mol. The molecule has 1 aromatic rings. The molecule has 0 aliphatic rings. The third-order valence-corrected chi connectivity index (χ3v) is 2.25. The molecule has 0 N–H and O–H groups in total. The molecular weight excluding hydrogens is 208 g/mol. The maximum atomic E-state index is 11.6. The Labute approximate surface area is 92.9 Å². The largest absolute Gasteiger partial charge is 0.373 e. The van der Waals surface area contributed by atoms with Crippen molar-refractivity contribution in [3.05, 3.63) is 33.1 Å². The van der Waals surface area contributed by atoms with Crippen LogP contribution in [0.4, 0.5) is 5.69 Å². The van der Waals surface area contributed by atoms with Crippen molar-refractivity contribution in [3.63, 3.8) is 0 Å². The molecule has 0 bridgehead atoms. The average Bonchev–Trinajstić information content (AvgIpc) is 2.30. The zero-order valence-electron chi connectivity index (χ0n) is 9.37. The van der Waals surface area contributed by atoms with E-state index in [1.54, 1.807) is 6.20 Å². The molecule has 0 saturated carbocycles. The normalized spacial score (nSPS) is 9.62. The zero-order chi connectivity index (χ0) is 12.0. The van der Waals surface area contributed by atoms with E-state index >= 15 is 0 Å². The Kier molecular flexibility index (Phi) is 4.35. The van der Waals surface area contributed by atoms with E-state index in [1.807, 2.05) is 18.9 Å². The van der Waals surface area contributed by atoms with Gasteiger partial charge in [-0.2, -0.15) is 5.10 Å². The van der Waals surface area contributed by atoms with E-state index in [1.165, 1.54) is 10.7 Å². The highest BCUT2D eigenvalue weighted by molar-refractivity contribution is 5.41. The van der Waals surface area contributed by atoms with Crippen molar-refractivity contribution in [2.75, 3.05) is 25.0 Å². The quantitative estimate of drug-likeness (QED) is 0.423. The van der Waals surface area contributed by atoms with Gasteiger partial charge in [-0.05, 0) is 12.5 Å². The Hall–Kier alpha value is -2.01. The predicted octanol–water partition coefficient (Wildman–Crippen LogP) is 1.01. The van der Waals surface area contributed by atoms with Gasteiger partial charge in [-0.3, -0.25) is 4.79 Å². The summed E-state index contributed by atoms with van der Waals surface area (Å²) in [6.45, 7) is 3.34. The number of hydrogen-bond acceptors (Lipinski definition) is 4. The molecular formula is C9H14N6O. The smallest absolute Gasteiger partial charge is 0.268 e. The van der Waals surface area contributed by atoms with Crippen LogP contribution in [0.2, 0.25) is 0 Å². The van der Waals surface area contributed by atoms with Crippen LogP contribution in [0.5, 0.6) is 0 Å². The summed E-state index contributed by atoms with van der Waals surface area (Å²) in [6, 6.07) is 1.52. The zero-order valence-corrected chi connectivity index (χ0v) is 9.37. The van der Waals surface area contributed by atoms with Crippen LogP contribution < -0.4 is 10.5 Å². The molecule has 0 amide bonds. The van der Waals surface area contributed by atoms with Gasteiger partial charge in [0.05, 0.1) is 18.4 Å². The highest BCUT2D eigenvalue weighted by atomic mass is 16.1. The van der Waals surface area contributed by atoms with Crippen LogP contribution in [0.25, 0.3) is 10.4 Å². The molecule has 1 rings (SSSR count). The number of aromatic nitrogens is 2. The Balaban J connectivity index is 2.83. The number of hydrogen-bond donors (Lipinski definition) is 0. The Morgan fingerprint density at radius 1 is 1.69 bits per heavy atom. The van der Waals surface area contributed by atoms with E-state index in [2.05, 4.69) is 15.1 Å². The molecule has 0 aliphatic carbocycles. The van der Waals surface area contributed by atoms with Crippen LogP contribution in [0, 0.1) is 0 Å². The molecule has 0 aromatic carbocycles. The summed E-state index contributed by atoms with van der Waals surface area (Å²) in [5, 5.41) is 7.35. The minimum Gasteiger partial charge on any atom is -0.373 e. The van der Waals surface area contributed by atoms with Crippen molar-refractivity contribution >= 4 is 5.69 Å². The van der Waals surface area contributed by atoms with Gasteiger partial charge < -0.3 is 4.90 Å². The molecule has 1 aromatic heterocycles.